The fraction of sp³-hybridized carbons (Fsp3) is 0.257. The minimum atomic E-state index is -1.85. The van der Waals surface area contributed by atoms with E-state index in [1.165, 1.54) is 44.1 Å². The molecule has 1 unspecified atom stereocenters. The first-order valence-corrected chi connectivity index (χ1v) is 20.2. The predicted octanol–water partition coefficient (Wildman–Crippen LogP) is 8.07. The Bertz CT molecular complexity index is 1430. The lowest BCUT2D eigenvalue weighted by molar-refractivity contribution is 0.402. The molecule has 0 amide bonds. The van der Waals surface area contributed by atoms with Crippen molar-refractivity contribution in [3.63, 3.8) is 0 Å². The maximum atomic E-state index is 6.60. The van der Waals surface area contributed by atoms with Crippen LogP contribution in [0.5, 0.6) is 5.75 Å². The number of fused-ring (bicyclic) bond motifs is 1. The van der Waals surface area contributed by atoms with Crippen molar-refractivity contribution in [2.45, 2.75) is 50.6 Å². The largest absolute Gasteiger partial charge is 0.496 e. The molecule has 0 aliphatic heterocycles. The van der Waals surface area contributed by atoms with Crippen LogP contribution in [0.1, 0.15) is 44.9 Å². The summed E-state index contributed by atoms with van der Waals surface area (Å²) < 4.78 is 6.60. The molecule has 1 atom stereocenters. The summed E-state index contributed by atoms with van der Waals surface area (Å²) in [6.07, 6.45) is 4.84. The number of rotatable bonds is 7. The Labute approximate surface area is 231 Å². The Morgan fingerprint density at radius 1 is 0.763 bits per heavy atom. The average Bonchev–Trinajstić information content (AvgIpc) is 3.30. The maximum absolute atomic E-state index is 6.60. The lowest BCUT2D eigenvalue weighted by Gasteiger charge is -2.43. The second-order valence-corrected chi connectivity index (χ2v) is 20.2. The quantitative estimate of drug-likeness (QED) is 0.173. The molecule has 0 saturated heterocycles. The van der Waals surface area contributed by atoms with E-state index in [4.69, 9.17) is 4.74 Å². The summed E-state index contributed by atoms with van der Waals surface area (Å²) in [7, 11) is -1.19. The molecule has 0 fully saturated rings. The number of hydrogen-bond donors (Lipinski definition) is 0. The van der Waals surface area contributed by atoms with Crippen molar-refractivity contribution in [2.75, 3.05) is 7.11 Å². The van der Waals surface area contributed by atoms with Gasteiger partial charge < -0.3 is 4.74 Å². The van der Waals surface area contributed by atoms with Crippen LogP contribution in [-0.2, 0) is 5.04 Å². The molecule has 1 nitrogen and oxygen atoms in total. The number of ether oxygens (including phenoxy) is 1. The summed E-state index contributed by atoms with van der Waals surface area (Å²) in [5.74, 6) is 1.18. The van der Waals surface area contributed by atoms with Crippen molar-refractivity contribution in [1.29, 1.82) is 0 Å². The highest BCUT2D eigenvalue weighted by Gasteiger charge is 2.50. The number of benzene rings is 4. The van der Waals surface area contributed by atoms with Crippen LogP contribution in [0.2, 0.25) is 32.7 Å². The summed E-state index contributed by atoms with van der Waals surface area (Å²) in [6.45, 7) is 14.8. The van der Waals surface area contributed by atoms with Crippen LogP contribution >= 0.6 is 0 Å². The van der Waals surface area contributed by atoms with Gasteiger partial charge in [0.05, 0.1) is 24.0 Å². The molecule has 1 aliphatic rings. The molecule has 3 heteroatoms. The van der Waals surface area contributed by atoms with E-state index in [2.05, 4.69) is 143 Å². The van der Waals surface area contributed by atoms with Crippen molar-refractivity contribution in [3.05, 3.63) is 136 Å². The minimum Gasteiger partial charge on any atom is -0.496 e. The van der Waals surface area contributed by atoms with E-state index in [0.29, 0.717) is 0 Å². The Morgan fingerprint density at radius 2 is 1.32 bits per heavy atom. The van der Waals surface area contributed by atoms with Gasteiger partial charge in [0.25, 0.3) is 0 Å². The van der Waals surface area contributed by atoms with E-state index in [0.717, 1.165) is 5.75 Å². The topological polar surface area (TPSA) is 9.23 Å². The molecule has 1 aliphatic carbocycles. The van der Waals surface area contributed by atoms with Crippen molar-refractivity contribution in [3.8, 4) is 5.75 Å². The smallest absolute Gasteiger partial charge is 0.127 e. The zero-order valence-electron chi connectivity index (χ0n) is 23.9. The standard InChI is InChI=1S/C35H40OSi2/c1-25-24-30(35(38(5,6)7)23-22-26-16-14-15-21-29(26)35)33(36-2)32(34(25)37(3)4)31(27-17-10-8-11-18-27)28-19-12-9-13-20-28/h8-24,31,37H,1-7H3. The van der Waals surface area contributed by atoms with Gasteiger partial charge in [-0.2, -0.15) is 0 Å². The lowest BCUT2D eigenvalue weighted by Crippen LogP contribution is -2.49. The lowest BCUT2D eigenvalue weighted by atomic mass is 9.80. The third kappa shape index (κ3) is 4.22. The Kier molecular flexibility index (Phi) is 7.10. The maximum Gasteiger partial charge on any atom is 0.127 e. The van der Waals surface area contributed by atoms with Crippen LogP contribution in [0, 0.1) is 6.92 Å². The number of hydrogen-bond acceptors (Lipinski definition) is 1. The van der Waals surface area contributed by atoms with Crippen LogP contribution in [0.25, 0.3) is 6.08 Å². The van der Waals surface area contributed by atoms with Gasteiger partial charge in [0.1, 0.15) is 5.75 Å². The SMILES string of the molecule is COc1c(C2([Si](C)(C)C)C=Cc3ccccc32)cc(C)c([SiH](C)C)c1C(c1ccccc1)c1ccccc1. The van der Waals surface area contributed by atoms with E-state index in [1.807, 2.05) is 7.11 Å². The average molecular weight is 533 g/mol. The molecule has 0 saturated carbocycles. The summed E-state index contributed by atoms with van der Waals surface area (Å²) in [4.78, 5) is 0. The Morgan fingerprint density at radius 3 is 1.84 bits per heavy atom. The van der Waals surface area contributed by atoms with Crippen molar-refractivity contribution in [1.82, 2.24) is 0 Å². The number of aryl methyl sites for hydroxylation is 1. The normalized spacial score (nSPS) is 16.8. The van der Waals surface area contributed by atoms with Crippen molar-refractivity contribution in [2.24, 2.45) is 0 Å². The molecule has 5 rings (SSSR count). The molecule has 0 spiro atoms. The molecule has 0 heterocycles. The van der Waals surface area contributed by atoms with Gasteiger partial charge >= 0.3 is 0 Å². The molecule has 4 aromatic rings. The first-order valence-electron chi connectivity index (χ1n) is 13.8. The minimum absolute atomic E-state index is 0.107. The second-order valence-electron chi connectivity index (χ2n) is 12.0. The van der Waals surface area contributed by atoms with Gasteiger partial charge in [-0.05, 0) is 29.2 Å². The van der Waals surface area contributed by atoms with Gasteiger partial charge in [-0.15, -0.1) is 0 Å². The molecule has 38 heavy (non-hydrogen) atoms. The molecule has 194 valence electrons. The van der Waals surface area contributed by atoms with Crippen LogP contribution in [0.3, 0.4) is 0 Å². The summed E-state index contributed by atoms with van der Waals surface area (Å²) in [5.41, 5.74) is 9.50. The molecule has 0 bridgehead atoms. The number of allylic oxidation sites excluding steroid dienone is 1. The van der Waals surface area contributed by atoms with Crippen LogP contribution in [0.4, 0.5) is 0 Å². The first-order chi connectivity index (χ1) is 18.2. The zero-order valence-corrected chi connectivity index (χ0v) is 26.0. The molecular formula is C35H40OSi2. The van der Waals surface area contributed by atoms with E-state index < -0.39 is 16.9 Å². The summed E-state index contributed by atoms with van der Waals surface area (Å²) >= 11 is 0. The van der Waals surface area contributed by atoms with Crippen LogP contribution < -0.4 is 9.92 Å². The Balaban J connectivity index is 1.93. The van der Waals surface area contributed by atoms with E-state index in [9.17, 15) is 0 Å². The molecule has 4 aromatic carbocycles. The highest BCUT2D eigenvalue weighted by atomic mass is 28.3. The second kappa shape index (κ2) is 10.2. The number of methoxy groups -OCH3 is 1. The summed E-state index contributed by atoms with van der Waals surface area (Å²) in [6, 6.07) is 33.5. The van der Waals surface area contributed by atoms with E-state index >= 15 is 0 Å². The highest BCUT2D eigenvalue weighted by Crippen LogP contribution is 2.53. The molecule has 0 N–H and O–H groups in total. The van der Waals surface area contributed by atoms with Crippen LogP contribution in [-0.4, -0.2) is 24.0 Å². The molecular weight excluding hydrogens is 493 g/mol. The van der Waals surface area contributed by atoms with Gasteiger partial charge in [0.15, 0.2) is 0 Å². The molecule has 0 radical (unpaired) electrons. The highest BCUT2D eigenvalue weighted by molar-refractivity contribution is 6.80. The van der Waals surface area contributed by atoms with Gasteiger partial charge in [-0.25, -0.2) is 0 Å². The van der Waals surface area contributed by atoms with Crippen molar-refractivity contribution >= 4 is 28.1 Å². The fourth-order valence-corrected chi connectivity index (χ4v) is 11.3. The van der Waals surface area contributed by atoms with Crippen molar-refractivity contribution < 1.29 is 4.74 Å². The third-order valence-electron chi connectivity index (χ3n) is 8.41. The van der Waals surface area contributed by atoms with Gasteiger partial charge in [-0.1, -0.05) is 147 Å². The first kappa shape index (κ1) is 26.5. The van der Waals surface area contributed by atoms with Gasteiger partial charge in [-0.3, -0.25) is 0 Å². The summed E-state index contributed by atoms with van der Waals surface area (Å²) in [5, 5.41) is 1.37. The van der Waals surface area contributed by atoms with Gasteiger partial charge in [0, 0.05) is 22.1 Å². The van der Waals surface area contributed by atoms with E-state index in [1.54, 1.807) is 0 Å². The zero-order chi connectivity index (χ0) is 27.1. The van der Waals surface area contributed by atoms with E-state index in [-0.39, 0.29) is 11.0 Å². The van der Waals surface area contributed by atoms with Crippen LogP contribution in [0.15, 0.2) is 97.1 Å². The third-order valence-corrected chi connectivity index (χ3v) is 13.4. The predicted molar refractivity (Wildman–Crippen MR) is 170 cm³/mol. The fourth-order valence-electron chi connectivity index (χ4n) is 6.82. The monoisotopic (exact) mass is 532 g/mol. The molecule has 0 aromatic heterocycles. The van der Waals surface area contributed by atoms with Gasteiger partial charge in [0.2, 0.25) is 0 Å². The Hall–Kier alpha value is -3.15.